The van der Waals surface area contributed by atoms with E-state index in [0.29, 0.717) is 5.82 Å². The first-order valence-electron chi connectivity index (χ1n) is 5.09. The summed E-state index contributed by atoms with van der Waals surface area (Å²) < 4.78 is 27.3. The van der Waals surface area contributed by atoms with Gasteiger partial charge in [-0.2, -0.15) is 5.10 Å². The van der Waals surface area contributed by atoms with Gasteiger partial charge in [0.2, 0.25) is 10.0 Å². The van der Waals surface area contributed by atoms with Crippen LogP contribution in [0, 0.1) is 6.92 Å². The topological polar surface area (TPSA) is 87.7 Å². The average Bonchev–Trinajstić information content (AvgIpc) is 2.83. The molecule has 0 saturated carbocycles. The average molecular weight is 331 g/mol. The summed E-state index contributed by atoms with van der Waals surface area (Å²) in [6, 6.07) is 4.85. The summed E-state index contributed by atoms with van der Waals surface area (Å²) in [5.74, 6) is 0.465. The molecule has 18 heavy (non-hydrogen) atoms. The third kappa shape index (κ3) is 2.95. The Bertz CT molecular complexity index is 640. The molecular weight excluding hydrogens is 320 g/mol. The monoisotopic (exact) mass is 330 g/mol. The minimum Gasteiger partial charge on any atom is -0.262 e. The Hall–Kier alpha value is -1.25. The molecule has 0 bridgehead atoms. The minimum atomic E-state index is -3.53. The van der Waals surface area contributed by atoms with Crippen LogP contribution in [0.2, 0.25) is 0 Å². The van der Waals surface area contributed by atoms with Crippen molar-refractivity contribution < 1.29 is 8.42 Å². The first-order valence-corrected chi connectivity index (χ1v) is 7.37. The van der Waals surface area contributed by atoms with Crippen molar-refractivity contribution in [2.75, 3.05) is 0 Å². The molecular formula is C10H11BrN4O2S. The van der Waals surface area contributed by atoms with E-state index in [0.717, 1.165) is 10.0 Å². The SMILES string of the molecule is Cc1cc(S(=O)(=O)NCc2ncn[nH]2)ccc1Br. The van der Waals surface area contributed by atoms with Crippen LogP contribution >= 0.6 is 15.9 Å². The number of aryl methyl sites for hydroxylation is 1. The highest BCUT2D eigenvalue weighted by atomic mass is 79.9. The molecule has 2 N–H and O–H groups in total. The minimum absolute atomic E-state index is 0.0808. The Morgan fingerprint density at radius 3 is 2.83 bits per heavy atom. The molecule has 0 radical (unpaired) electrons. The molecule has 0 aliphatic carbocycles. The van der Waals surface area contributed by atoms with E-state index in [1.165, 1.54) is 6.33 Å². The van der Waals surface area contributed by atoms with Gasteiger partial charge in [0.25, 0.3) is 0 Å². The van der Waals surface area contributed by atoms with Crippen molar-refractivity contribution in [2.24, 2.45) is 0 Å². The molecule has 0 spiro atoms. The second-order valence-electron chi connectivity index (χ2n) is 3.67. The fourth-order valence-corrected chi connectivity index (χ4v) is 2.67. The normalized spacial score (nSPS) is 11.7. The Kier molecular flexibility index (Phi) is 3.79. The van der Waals surface area contributed by atoms with Crippen LogP contribution < -0.4 is 4.72 Å². The Balaban J connectivity index is 2.17. The third-order valence-corrected chi connectivity index (χ3v) is 4.62. The lowest BCUT2D eigenvalue weighted by molar-refractivity contribution is 0.579. The number of aromatic amines is 1. The molecule has 2 aromatic rings. The van der Waals surface area contributed by atoms with E-state index in [-0.39, 0.29) is 11.4 Å². The van der Waals surface area contributed by atoms with Crippen LogP contribution in [0.4, 0.5) is 0 Å². The first-order chi connectivity index (χ1) is 8.49. The van der Waals surface area contributed by atoms with Crippen LogP contribution in [0.25, 0.3) is 0 Å². The van der Waals surface area contributed by atoms with E-state index in [2.05, 4.69) is 35.8 Å². The number of nitrogens with one attached hydrogen (secondary N) is 2. The summed E-state index contributed by atoms with van der Waals surface area (Å²) in [5.41, 5.74) is 0.859. The largest absolute Gasteiger partial charge is 0.262 e. The van der Waals surface area contributed by atoms with Gasteiger partial charge in [0.05, 0.1) is 11.4 Å². The van der Waals surface area contributed by atoms with E-state index >= 15 is 0 Å². The molecule has 2 rings (SSSR count). The molecule has 0 saturated heterocycles. The predicted molar refractivity (Wildman–Crippen MR) is 69.3 cm³/mol. The number of benzene rings is 1. The van der Waals surface area contributed by atoms with Crippen molar-refractivity contribution in [1.82, 2.24) is 19.9 Å². The highest BCUT2D eigenvalue weighted by Crippen LogP contribution is 2.19. The maximum absolute atomic E-state index is 12.0. The maximum atomic E-state index is 12.0. The molecule has 96 valence electrons. The van der Waals surface area contributed by atoms with Crippen molar-refractivity contribution >= 4 is 26.0 Å². The van der Waals surface area contributed by atoms with Crippen LogP contribution in [0.15, 0.2) is 33.9 Å². The van der Waals surface area contributed by atoms with E-state index < -0.39 is 10.0 Å². The molecule has 1 aromatic carbocycles. The number of hydrogen-bond donors (Lipinski definition) is 2. The molecule has 6 nitrogen and oxygen atoms in total. The fraction of sp³-hybridized carbons (Fsp3) is 0.200. The van der Waals surface area contributed by atoms with Crippen molar-refractivity contribution in [3.8, 4) is 0 Å². The van der Waals surface area contributed by atoms with Gasteiger partial charge in [-0.05, 0) is 30.7 Å². The highest BCUT2D eigenvalue weighted by molar-refractivity contribution is 9.10. The molecule has 0 aliphatic rings. The Morgan fingerprint density at radius 2 is 2.22 bits per heavy atom. The number of nitrogens with zero attached hydrogens (tertiary/aromatic N) is 2. The second-order valence-corrected chi connectivity index (χ2v) is 6.29. The van der Waals surface area contributed by atoms with Crippen molar-refractivity contribution in [3.63, 3.8) is 0 Å². The van der Waals surface area contributed by atoms with Gasteiger partial charge in [-0.3, -0.25) is 5.10 Å². The number of aromatic nitrogens is 3. The molecule has 1 heterocycles. The van der Waals surface area contributed by atoms with Gasteiger partial charge < -0.3 is 0 Å². The number of H-pyrrole nitrogens is 1. The molecule has 0 fully saturated rings. The lowest BCUT2D eigenvalue weighted by Gasteiger charge is -2.06. The predicted octanol–water partition coefficient (Wildman–Crippen LogP) is 1.35. The molecule has 8 heteroatoms. The molecule has 0 unspecified atom stereocenters. The molecule has 0 aliphatic heterocycles. The standard InChI is InChI=1S/C10H11BrN4O2S/c1-7-4-8(2-3-9(7)11)18(16,17)14-5-10-12-6-13-15-10/h2-4,6,14H,5H2,1H3,(H,12,13,15). The van der Waals surface area contributed by atoms with Gasteiger partial charge in [0, 0.05) is 4.47 Å². The van der Waals surface area contributed by atoms with Crippen LogP contribution in [0.1, 0.15) is 11.4 Å². The van der Waals surface area contributed by atoms with E-state index in [4.69, 9.17) is 0 Å². The van der Waals surface area contributed by atoms with E-state index in [9.17, 15) is 8.42 Å². The van der Waals surface area contributed by atoms with Crippen molar-refractivity contribution in [3.05, 3.63) is 40.4 Å². The Labute approximate surface area is 113 Å². The number of sulfonamides is 1. The van der Waals surface area contributed by atoms with Crippen LogP contribution in [-0.2, 0) is 16.6 Å². The van der Waals surface area contributed by atoms with E-state index in [1.807, 2.05) is 6.92 Å². The highest BCUT2D eigenvalue weighted by Gasteiger charge is 2.15. The lowest BCUT2D eigenvalue weighted by Crippen LogP contribution is -2.23. The summed E-state index contributed by atoms with van der Waals surface area (Å²) in [7, 11) is -3.53. The van der Waals surface area contributed by atoms with Crippen molar-refractivity contribution in [1.29, 1.82) is 0 Å². The van der Waals surface area contributed by atoms with Crippen LogP contribution in [0.5, 0.6) is 0 Å². The molecule has 0 amide bonds. The fourth-order valence-electron chi connectivity index (χ4n) is 1.35. The first kappa shape index (κ1) is 13.2. The van der Waals surface area contributed by atoms with Gasteiger partial charge in [-0.25, -0.2) is 18.1 Å². The van der Waals surface area contributed by atoms with Gasteiger partial charge in [0.15, 0.2) is 0 Å². The number of halogens is 1. The summed E-state index contributed by atoms with van der Waals surface area (Å²) in [4.78, 5) is 4.07. The lowest BCUT2D eigenvalue weighted by atomic mass is 10.2. The summed E-state index contributed by atoms with van der Waals surface area (Å²) in [6.07, 6.45) is 1.33. The second kappa shape index (κ2) is 5.17. The third-order valence-electron chi connectivity index (χ3n) is 2.33. The zero-order valence-corrected chi connectivity index (χ0v) is 11.9. The van der Waals surface area contributed by atoms with Gasteiger partial charge in [0.1, 0.15) is 12.2 Å². The van der Waals surface area contributed by atoms with Gasteiger partial charge >= 0.3 is 0 Å². The van der Waals surface area contributed by atoms with Gasteiger partial charge in [-0.1, -0.05) is 15.9 Å². The van der Waals surface area contributed by atoms with Crippen molar-refractivity contribution in [2.45, 2.75) is 18.4 Å². The molecule has 1 aromatic heterocycles. The summed E-state index contributed by atoms with van der Waals surface area (Å²) in [6.45, 7) is 1.91. The zero-order chi connectivity index (χ0) is 13.2. The Morgan fingerprint density at radius 1 is 1.44 bits per heavy atom. The van der Waals surface area contributed by atoms with Gasteiger partial charge in [-0.15, -0.1) is 0 Å². The van der Waals surface area contributed by atoms with Crippen LogP contribution in [0.3, 0.4) is 0 Å². The summed E-state index contributed by atoms with van der Waals surface area (Å²) >= 11 is 3.33. The van der Waals surface area contributed by atoms with E-state index in [1.54, 1.807) is 18.2 Å². The zero-order valence-electron chi connectivity index (χ0n) is 9.51. The number of rotatable bonds is 4. The smallest absolute Gasteiger partial charge is 0.240 e. The summed E-state index contributed by atoms with van der Waals surface area (Å²) in [5, 5.41) is 6.23. The van der Waals surface area contributed by atoms with Crippen LogP contribution in [-0.4, -0.2) is 23.6 Å². The quantitative estimate of drug-likeness (QED) is 0.885. The molecule has 0 atom stereocenters. The maximum Gasteiger partial charge on any atom is 0.240 e. The number of hydrogen-bond acceptors (Lipinski definition) is 4.